The highest BCUT2D eigenvalue weighted by Crippen LogP contribution is 2.48. The van der Waals surface area contributed by atoms with E-state index in [9.17, 15) is 9.59 Å². The lowest BCUT2D eigenvalue weighted by molar-refractivity contribution is -0.120. The van der Waals surface area contributed by atoms with Crippen molar-refractivity contribution >= 4 is 17.5 Å². The average Bonchev–Trinajstić information content (AvgIpc) is 3.34. The molecule has 1 aliphatic carbocycles. The minimum Gasteiger partial charge on any atom is -0.484 e. The molecule has 0 radical (unpaired) electrons. The zero-order chi connectivity index (χ0) is 17.1. The van der Waals surface area contributed by atoms with Crippen LogP contribution < -0.4 is 15.8 Å². The van der Waals surface area contributed by atoms with Crippen LogP contribution in [0.1, 0.15) is 23.5 Å². The summed E-state index contributed by atoms with van der Waals surface area (Å²) < 4.78 is 5.25. The van der Waals surface area contributed by atoms with E-state index in [4.69, 9.17) is 10.5 Å². The van der Waals surface area contributed by atoms with Crippen LogP contribution in [0.15, 0.2) is 48.5 Å². The first kappa shape index (κ1) is 16.1. The summed E-state index contributed by atoms with van der Waals surface area (Å²) in [6, 6.07) is 15.1. The van der Waals surface area contributed by atoms with Gasteiger partial charge in [0, 0.05) is 17.7 Å². The van der Waals surface area contributed by atoms with Gasteiger partial charge in [0.2, 0.25) is 5.91 Å². The highest BCUT2D eigenvalue weighted by Gasteiger charge is 2.44. The van der Waals surface area contributed by atoms with Gasteiger partial charge in [-0.25, -0.2) is 0 Å². The third-order valence-electron chi connectivity index (χ3n) is 4.20. The van der Waals surface area contributed by atoms with Crippen molar-refractivity contribution in [3.63, 3.8) is 0 Å². The molecule has 2 amide bonds. The summed E-state index contributed by atoms with van der Waals surface area (Å²) in [5.41, 5.74) is 8.17. The number of ether oxygens (including phenoxy) is 1. The number of carbonyl (C=O) groups is 2. The summed E-state index contributed by atoms with van der Waals surface area (Å²) in [6.07, 6.45) is 0.870. The number of aryl methyl sites for hydroxylation is 1. The second-order valence-corrected chi connectivity index (χ2v) is 6.08. The van der Waals surface area contributed by atoms with Crippen LogP contribution in [0.2, 0.25) is 0 Å². The molecule has 3 N–H and O–H groups in total. The lowest BCUT2D eigenvalue weighted by Crippen LogP contribution is -2.20. The largest absolute Gasteiger partial charge is 0.484 e. The van der Waals surface area contributed by atoms with Crippen LogP contribution in [0.5, 0.6) is 5.75 Å². The van der Waals surface area contributed by atoms with Crippen LogP contribution in [-0.2, 0) is 9.59 Å². The smallest absolute Gasteiger partial charge is 0.255 e. The van der Waals surface area contributed by atoms with E-state index < -0.39 is 5.91 Å². The van der Waals surface area contributed by atoms with Gasteiger partial charge in [-0.05, 0) is 42.5 Å². The molecule has 2 aromatic carbocycles. The van der Waals surface area contributed by atoms with Gasteiger partial charge in [0.05, 0.1) is 0 Å². The van der Waals surface area contributed by atoms with Gasteiger partial charge in [-0.2, -0.15) is 0 Å². The van der Waals surface area contributed by atoms with Crippen molar-refractivity contribution in [2.24, 2.45) is 11.7 Å². The van der Waals surface area contributed by atoms with Crippen molar-refractivity contribution in [3.8, 4) is 5.75 Å². The van der Waals surface area contributed by atoms with E-state index in [0.29, 0.717) is 17.4 Å². The van der Waals surface area contributed by atoms with Gasteiger partial charge >= 0.3 is 0 Å². The van der Waals surface area contributed by atoms with Crippen molar-refractivity contribution in [1.82, 2.24) is 0 Å². The van der Waals surface area contributed by atoms with E-state index in [1.54, 1.807) is 24.3 Å². The van der Waals surface area contributed by atoms with Gasteiger partial charge in [-0.15, -0.1) is 0 Å². The number of carbonyl (C=O) groups excluding carboxylic acids is 2. The molecule has 2 atom stereocenters. The van der Waals surface area contributed by atoms with Gasteiger partial charge in [-0.1, -0.05) is 30.3 Å². The molecule has 0 saturated heterocycles. The maximum absolute atomic E-state index is 12.4. The van der Waals surface area contributed by atoms with Crippen molar-refractivity contribution in [2.75, 3.05) is 11.9 Å². The Morgan fingerprint density at radius 2 is 2.00 bits per heavy atom. The van der Waals surface area contributed by atoms with Crippen molar-refractivity contribution in [2.45, 2.75) is 19.3 Å². The Morgan fingerprint density at radius 1 is 1.21 bits per heavy atom. The van der Waals surface area contributed by atoms with Crippen LogP contribution in [0, 0.1) is 12.8 Å². The minimum absolute atomic E-state index is 0.00120. The molecule has 0 bridgehead atoms. The van der Waals surface area contributed by atoms with E-state index in [1.165, 1.54) is 11.1 Å². The fraction of sp³-hybridized carbons (Fsp3) is 0.263. The molecular weight excluding hydrogens is 304 g/mol. The molecule has 5 heteroatoms. The maximum Gasteiger partial charge on any atom is 0.255 e. The molecule has 1 aliphatic rings. The van der Waals surface area contributed by atoms with E-state index >= 15 is 0 Å². The Hall–Kier alpha value is -2.82. The van der Waals surface area contributed by atoms with Crippen molar-refractivity contribution < 1.29 is 14.3 Å². The monoisotopic (exact) mass is 324 g/mol. The third-order valence-corrected chi connectivity index (χ3v) is 4.20. The van der Waals surface area contributed by atoms with Gasteiger partial charge < -0.3 is 15.8 Å². The second kappa shape index (κ2) is 6.74. The molecule has 1 fully saturated rings. The first-order valence-electron chi connectivity index (χ1n) is 7.92. The minimum atomic E-state index is -0.538. The number of hydrogen-bond donors (Lipinski definition) is 2. The number of nitrogens with two attached hydrogens (primary N) is 1. The van der Waals surface area contributed by atoms with Gasteiger partial charge in [-0.3, -0.25) is 9.59 Å². The molecule has 0 spiro atoms. The molecule has 2 aromatic rings. The Kier molecular flexibility index (Phi) is 4.51. The Bertz CT molecular complexity index is 773. The van der Waals surface area contributed by atoms with Crippen molar-refractivity contribution in [3.05, 3.63) is 59.7 Å². The SMILES string of the molecule is Cc1ccccc1[C@@H]1C[C@H]1C(=O)Nc1cccc(OCC(N)=O)c1. The fourth-order valence-corrected chi connectivity index (χ4v) is 2.88. The summed E-state index contributed by atoms with van der Waals surface area (Å²) in [6.45, 7) is 1.89. The average molecular weight is 324 g/mol. The molecule has 24 heavy (non-hydrogen) atoms. The zero-order valence-electron chi connectivity index (χ0n) is 13.5. The van der Waals surface area contributed by atoms with Crippen LogP contribution >= 0.6 is 0 Å². The number of nitrogens with one attached hydrogen (secondary N) is 1. The molecule has 0 aromatic heterocycles. The quantitative estimate of drug-likeness (QED) is 0.857. The second-order valence-electron chi connectivity index (χ2n) is 6.08. The molecule has 0 aliphatic heterocycles. The Morgan fingerprint density at radius 3 is 2.75 bits per heavy atom. The summed E-state index contributed by atoms with van der Waals surface area (Å²) in [7, 11) is 0. The number of anilines is 1. The molecule has 3 rings (SSSR count). The molecule has 0 heterocycles. The highest BCUT2D eigenvalue weighted by atomic mass is 16.5. The number of amides is 2. The molecule has 124 valence electrons. The molecule has 5 nitrogen and oxygen atoms in total. The maximum atomic E-state index is 12.4. The van der Waals surface area contributed by atoms with Crippen LogP contribution in [0.25, 0.3) is 0 Å². The Labute approximate surface area is 140 Å². The van der Waals surface area contributed by atoms with E-state index in [-0.39, 0.29) is 18.4 Å². The first-order valence-corrected chi connectivity index (χ1v) is 7.92. The van der Waals surface area contributed by atoms with E-state index in [2.05, 4.69) is 24.4 Å². The van der Waals surface area contributed by atoms with Crippen molar-refractivity contribution in [1.29, 1.82) is 0 Å². The fourth-order valence-electron chi connectivity index (χ4n) is 2.88. The predicted octanol–water partition coefficient (Wildman–Crippen LogP) is 2.60. The van der Waals surface area contributed by atoms with Gasteiger partial charge in [0.1, 0.15) is 5.75 Å². The highest BCUT2D eigenvalue weighted by molar-refractivity contribution is 5.95. The Balaban J connectivity index is 1.61. The van der Waals surface area contributed by atoms with Gasteiger partial charge in [0.25, 0.3) is 5.91 Å². The summed E-state index contributed by atoms with van der Waals surface area (Å²) in [5.74, 6) is 0.262. The third kappa shape index (κ3) is 3.74. The molecular formula is C19H20N2O3. The van der Waals surface area contributed by atoms with E-state index in [1.807, 2.05) is 12.1 Å². The number of primary amides is 1. The summed E-state index contributed by atoms with van der Waals surface area (Å²) in [4.78, 5) is 23.2. The summed E-state index contributed by atoms with van der Waals surface area (Å²) in [5, 5.41) is 2.92. The molecule has 1 saturated carbocycles. The van der Waals surface area contributed by atoms with Crippen LogP contribution in [0.4, 0.5) is 5.69 Å². The summed E-state index contributed by atoms with van der Waals surface area (Å²) >= 11 is 0. The molecule has 0 unspecified atom stereocenters. The lowest BCUT2D eigenvalue weighted by atomic mass is 10.0. The zero-order valence-corrected chi connectivity index (χ0v) is 13.5. The predicted molar refractivity (Wildman–Crippen MR) is 91.8 cm³/mol. The van der Waals surface area contributed by atoms with Crippen LogP contribution in [-0.4, -0.2) is 18.4 Å². The van der Waals surface area contributed by atoms with Crippen LogP contribution in [0.3, 0.4) is 0 Å². The topological polar surface area (TPSA) is 81.4 Å². The number of hydrogen-bond acceptors (Lipinski definition) is 3. The standard InChI is InChI=1S/C19H20N2O3/c1-12-5-2-3-8-15(12)16-10-17(16)19(23)21-13-6-4-7-14(9-13)24-11-18(20)22/h2-9,16-17H,10-11H2,1H3,(H2,20,22)(H,21,23)/t16-,17+/m0/s1. The number of rotatable bonds is 6. The normalized spacial score (nSPS) is 18.7. The van der Waals surface area contributed by atoms with E-state index in [0.717, 1.165) is 6.42 Å². The number of benzene rings is 2. The first-order chi connectivity index (χ1) is 11.5. The lowest BCUT2D eigenvalue weighted by Gasteiger charge is -2.09. The van der Waals surface area contributed by atoms with Gasteiger partial charge in [0.15, 0.2) is 6.61 Å².